The molecule has 0 aliphatic heterocycles. The number of nitrogens with zero attached hydrogens (tertiary/aromatic N) is 5. The summed E-state index contributed by atoms with van der Waals surface area (Å²) in [6.07, 6.45) is 2.86. The number of aromatic carboxylic acids is 1. The smallest absolute Gasteiger partial charge is 0.341 e. The number of aromatic nitrogens is 5. The minimum atomic E-state index is -1.14. The topological polar surface area (TPSA) is 126 Å². The van der Waals surface area contributed by atoms with Crippen molar-refractivity contribution in [3.8, 4) is 5.82 Å². The van der Waals surface area contributed by atoms with Crippen molar-refractivity contribution in [2.75, 3.05) is 17.7 Å². The zero-order valence-electron chi connectivity index (χ0n) is 15.6. The van der Waals surface area contributed by atoms with Crippen LogP contribution >= 0.6 is 0 Å². The van der Waals surface area contributed by atoms with Crippen LogP contribution in [0.15, 0.2) is 53.6 Å². The lowest BCUT2D eigenvalue weighted by atomic mass is 10.3. The van der Waals surface area contributed by atoms with Crippen molar-refractivity contribution in [1.82, 2.24) is 24.1 Å². The van der Waals surface area contributed by atoms with E-state index in [1.807, 2.05) is 19.1 Å². The molecule has 3 N–H and O–H groups in total. The first-order chi connectivity index (χ1) is 14.0. The fourth-order valence-corrected chi connectivity index (χ4v) is 2.93. The SMILES string of the molecule is CNc1cc(Nc2cccn(-c3cccc(C)n3)c2=O)nc2c(C(=O)O)cnn12. The number of anilines is 3. The Labute approximate surface area is 164 Å². The molecule has 0 atom stereocenters. The van der Waals surface area contributed by atoms with Crippen LogP contribution in [0.1, 0.15) is 16.1 Å². The maximum absolute atomic E-state index is 12.9. The van der Waals surface area contributed by atoms with E-state index in [0.717, 1.165) is 5.69 Å². The molecule has 0 aliphatic rings. The fourth-order valence-electron chi connectivity index (χ4n) is 2.93. The number of carbonyl (C=O) groups is 1. The molecule has 10 heteroatoms. The number of hydrogen-bond acceptors (Lipinski definition) is 7. The van der Waals surface area contributed by atoms with Gasteiger partial charge in [0.05, 0.1) is 6.20 Å². The van der Waals surface area contributed by atoms with Gasteiger partial charge in [0.2, 0.25) is 0 Å². The van der Waals surface area contributed by atoms with Crippen LogP contribution in [-0.2, 0) is 0 Å². The highest BCUT2D eigenvalue weighted by Gasteiger charge is 2.16. The van der Waals surface area contributed by atoms with Crippen LogP contribution in [0.5, 0.6) is 0 Å². The van der Waals surface area contributed by atoms with Crippen LogP contribution in [0.4, 0.5) is 17.3 Å². The van der Waals surface area contributed by atoms with Crippen LogP contribution in [0.25, 0.3) is 11.5 Å². The second-order valence-electron chi connectivity index (χ2n) is 6.23. The van der Waals surface area contributed by atoms with Gasteiger partial charge in [0.25, 0.3) is 5.56 Å². The average Bonchev–Trinajstić information content (AvgIpc) is 3.13. The molecule has 4 aromatic rings. The lowest BCUT2D eigenvalue weighted by Crippen LogP contribution is -2.21. The van der Waals surface area contributed by atoms with Crippen molar-refractivity contribution < 1.29 is 9.90 Å². The number of pyridine rings is 2. The largest absolute Gasteiger partial charge is 0.477 e. The minimum absolute atomic E-state index is 0.0421. The van der Waals surface area contributed by atoms with Crippen LogP contribution in [0.3, 0.4) is 0 Å². The van der Waals surface area contributed by atoms with Crippen LogP contribution in [0.2, 0.25) is 0 Å². The van der Waals surface area contributed by atoms with Gasteiger partial charge in [-0.1, -0.05) is 6.07 Å². The van der Waals surface area contributed by atoms with Crippen molar-refractivity contribution in [1.29, 1.82) is 0 Å². The van der Waals surface area contributed by atoms with E-state index in [-0.39, 0.29) is 22.5 Å². The predicted molar refractivity (Wildman–Crippen MR) is 107 cm³/mol. The van der Waals surface area contributed by atoms with Gasteiger partial charge < -0.3 is 15.7 Å². The van der Waals surface area contributed by atoms with E-state index in [9.17, 15) is 14.7 Å². The van der Waals surface area contributed by atoms with E-state index in [1.54, 1.807) is 37.5 Å². The van der Waals surface area contributed by atoms with Crippen LogP contribution in [-0.4, -0.2) is 42.3 Å². The zero-order chi connectivity index (χ0) is 20.5. The molecule has 0 bridgehead atoms. The highest BCUT2D eigenvalue weighted by Crippen LogP contribution is 2.21. The molecule has 4 heterocycles. The highest BCUT2D eigenvalue weighted by molar-refractivity contribution is 5.94. The number of carboxylic acids is 1. The minimum Gasteiger partial charge on any atom is -0.477 e. The number of nitrogens with one attached hydrogen (secondary N) is 2. The molecule has 0 saturated carbocycles. The van der Waals surface area contributed by atoms with Crippen molar-refractivity contribution in [2.24, 2.45) is 0 Å². The number of rotatable bonds is 5. The van der Waals surface area contributed by atoms with Gasteiger partial charge in [-0.2, -0.15) is 9.61 Å². The maximum Gasteiger partial charge on any atom is 0.341 e. The van der Waals surface area contributed by atoms with E-state index < -0.39 is 5.97 Å². The average molecular weight is 391 g/mol. The van der Waals surface area contributed by atoms with Gasteiger partial charge in [0, 0.05) is 25.0 Å². The second-order valence-corrected chi connectivity index (χ2v) is 6.23. The van der Waals surface area contributed by atoms with E-state index in [4.69, 9.17) is 0 Å². The Morgan fingerprint density at radius 2 is 2.00 bits per heavy atom. The molecule has 0 amide bonds. The summed E-state index contributed by atoms with van der Waals surface area (Å²) in [5.74, 6) is 0.180. The summed E-state index contributed by atoms with van der Waals surface area (Å²) >= 11 is 0. The van der Waals surface area contributed by atoms with E-state index in [2.05, 4.69) is 25.7 Å². The summed E-state index contributed by atoms with van der Waals surface area (Å²) in [7, 11) is 1.68. The Morgan fingerprint density at radius 3 is 2.72 bits per heavy atom. The zero-order valence-corrected chi connectivity index (χ0v) is 15.6. The molecular formula is C19H17N7O3. The van der Waals surface area contributed by atoms with Gasteiger partial charge in [-0.3, -0.25) is 9.36 Å². The Hall–Kier alpha value is -4.21. The Balaban J connectivity index is 1.79. The Bertz CT molecular complexity index is 1290. The molecule has 0 spiro atoms. The number of hydrogen-bond donors (Lipinski definition) is 3. The van der Waals surface area contributed by atoms with Crippen molar-refractivity contribution in [2.45, 2.75) is 6.92 Å². The molecule has 0 unspecified atom stereocenters. The van der Waals surface area contributed by atoms with Gasteiger partial charge in [-0.25, -0.2) is 14.8 Å². The standard InChI is InChI=1S/C19H17N7O3/c1-11-5-3-7-15(22-11)25-8-4-6-13(18(25)27)23-14-9-16(20-2)26-17(24-14)12(10-21-26)19(28)29/h3-10,20H,1-2H3,(H,23,24)(H,28,29). The summed E-state index contributed by atoms with van der Waals surface area (Å²) in [5.41, 5.74) is 0.861. The third kappa shape index (κ3) is 3.27. The highest BCUT2D eigenvalue weighted by atomic mass is 16.4. The van der Waals surface area contributed by atoms with Gasteiger partial charge in [-0.05, 0) is 31.2 Å². The molecule has 4 aromatic heterocycles. The normalized spacial score (nSPS) is 10.8. The lowest BCUT2D eigenvalue weighted by molar-refractivity contribution is 0.0699. The van der Waals surface area contributed by atoms with Crippen molar-refractivity contribution in [3.05, 3.63) is 70.4 Å². The molecule has 10 nitrogen and oxygen atoms in total. The molecule has 4 rings (SSSR count). The molecule has 0 aromatic carbocycles. The van der Waals surface area contributed by atoms with E-state index in [0.29, 0.717) is 17.5 Å². The molecule has 0 fully saturated rings. The van der Waals surface area contributed by atoms with Gasteiger partial charge in [0.1, 0.15) is 28.7 Å². The second kappa shape index (κ2) is 7.08. The summed E-state index contributed by atoms with van der Waals surface area (Å²) in [5, 5.41) is 19.3. The number of aryl methyl sites for hydroxylation is 1. The van der Waals surface area contributed by atoms with Gasteiger partial charge >= 0.3 is 5.97 Å². The molecule has 29 heavy (non-hydrogen) atoms. The Morgan fingerprint density at radius 1 is 1.17 bits per heavy atom. The third-order valence-electron chi connectivity index (χ3n) is 4.29. The fraction of sp³-hybridized carbons (Fsp3) is 0.105. The molecule has 146 valence electrons. The summed E-state index contributed by atoms with van der Waals surface area (Å²) < 4.78 is 2.81. The monoisotopic (exact) mass is 391 g/mol. The van der Waals surface area contributed by atoms with Crippen LogP contribution < -0.4 is 16.2 Å². The summed E-state index contributed by atoms with van der Waals surface area (Å²) in [6, 6.07) is 10.4. The predicted octanol–water partition coefficient (Wildman–Crippen LogP) is 2.07. The van der Waals surface area contributed by atoms with E-state index >= 15 is 0 Å². The number of carboxylic acid groups (broad SMARTS) is 1. The molecule has 0 radical (unpaired) electrons. The first-order valence-corrected chi connectivity index (χ1v) is 8.70. The molecular weight excluding hydrogens is 374 g/mol. The first kappa shape index (κ1) is 18.2. The third-order valence-corrected chi connectivity index (χ3v) is 4.29. The van der Waals surface area contributed by atoms with Crippen molar-refractivity contribution >= 4 is 28.9 Å². The Kier molecular flexibility index (Phi) is 4.43. The van der Waals surface area contributed by atoms with Gasteiger partial charge in [-0.15, -0.1) is 0 Å². The quantitative estimate of drug-likeness (QED) is 0.472. The molecule has 0 saturated heterocycles. The van der Waals surface area contributed by atoms with Crippen molar-refractivity contribution in [3.63, 3.8) is 0 Å². The maximum atomic E-state index is 12.9. The first-order valence-electron chi connectivity index (χ1n) is 8.70. The van der Waals surface area contributed by atoms with E-state index in [1.165, 1.54) is 15.3 Å². The molecule has 0 aliphatic carbocycles. The summed E-state index contributed by atoms with van der Waals surface area (Å²) in [6.45, 7) is 1.85. The number of fused-ring (bicyclic) bond motifs is 1. The van der Waals surface area contributed by atoms with Gasteiger partial charge in [0.15, 0.2) is 5.65 Å². The van der Waals surface area contributed by atoms with Crippen LogP contribution in [0, 0.1) is 6.92 Å². The summed E-state index contributed by atoms with van der Waals surface area (Å²) in [4.78, 5) is 33.1. The lowest BCUT2D eigenvalue weighted by Gasteiger charge is -2.11.